The molecule has 4 heteroatoms. The van der Waals surface area contributed by atoms with E-state index in [9.17, 15) is 0 Å². The van der Waals surface area contributed by atoms with Gasteiger partial charge in [-0.2, -0.15) is 0 Å². The van der Waals surface area contributed by atoms with E-state index >= 15 is 0 Å². The summed E-state index contributed by atoms with van der Waals surface area (Å²) in [6.45, 7) is 6.95. The first-order valence-corrected chi connectivity index (χ1v) is 23.5. The van der Waals surface area contributed by atoms with Crippen molar-refractivity contribution < 1.29 is 9.13 Å². The summed E-state index contributed by atoms with van der Waals surface area (Å²) in [7, 11) is 0. The van der Waals surface area contributed by atoms with Crippen LogP contribution in [-0.2, 0) is 13.1 Å². The van der Waals surface area contributed by atoms with Crippen LogP contribution in [0.2, 0.25) is 0 Å². The Morgan fingerprint density at radius 3 is 0.857 bits per heavy atom. The highest BCUT2D eigenvalue weighted by Gasteiger charge is 2.04. The van der Waals surface area contributed by atoms with E-state index in [1.807, 2.05) is 23.5 Å². The third-order valence-corrected chi connectivity index (χ3v) is 12.3. The molecule has 0 aromatic carbocycles. The van der Waals surface area contributed by atoms with Crippen LogP contribution in [0.4, 0.5) is 0 Å². The van der Waals surface area contributed by atoms with Crippen molar-refractivity contribution in [3.05, 3.63) is 49.1 Å². The summed E-state index contributed by atoms with van der Waals surface area (Å²) in [5.74, 6) is 2.53. The third-order valence-electron chi connectivity index (χ3n) is 10.1. The lowest BCUT2D eigenvalue weighted by molar-refractivity contribution is -0.697. The van der Waals surface area contributed by atoms with Gasteiger partial charge in [-0.1, -0.05) is 162 Å². The second-order valence-electron chi connectivity index (χ2n) is 14.8. The number of rotatable bonds is 36. The van der Waals surface area contributed by atoms with Gasteiger partial charge in [-0.25, -0.2) is 9.13 Å². The molecule has 0 spiro atoms. The Morgan fingerprint density at radius 2 is 0.571 bits per heavy atom. The van der Waals surface area contributed by atoms with E-state index in [-0.39, 0.29) is 0 Å². The zero-order chi connectivity index (χ0) is 34.7. The highest BCUT2D eigenvalue weighted by atomic mass is 32.2. The molecule has 0 fully saturated rings. The summed E-state index contributed by atoms with van der Waals surface area (Å²) in [6, 6.07) is 9.31. The Morgan fingerprint density at radius 1 is 0.327 bits per heavy atom. The molecule has 2 rings (SSSR count). The van der Waals surface area contributed by atoms with Crippen molar-refractivity contribution in [2.75, 3.05) is 11.5 Å². The first-order valence-electron chi connectivity index (χ1n) is 21.6. The SMILES string of the molecule is CCCCCCCCCCCC[n+]1ccc(SCCCCCCCCCCCSc2cc[n+](CCCCCCCCCCCC)cc2)cc1. The van der Waals surface area contributed by atoms with Crippen LogP contribution in [0.3, 0.4) is 0 Å². The minimum Gasteiger partial charge on any atom is -0.205 e. The Kier molecular flexibility index (Phi) is 30.7. The minimum atomic E-state index is 1.17. The molecular formula is C45H80N2S2+2. The summed E-state index contributed by atoms with van der Waals surface area (Å²) in [6.07, 6.45) is 50.0. The number of thioether (sulfide) groups is 2. The summed E-state index contributed by atoms with van der Waals surface area (Å²) in [5, 5.41) is 0. The predicted molar refractivity (Wildman–Crippen MR) is 220 cm³/mol. The maximum Gasteiger partial charge on any atom is 0.169 e. The van der Waals surface area contributed by atoms with Gasteiger partial charge in [0, 0.05) is 46.9 Å². The summed E-state index contributed by atoms with van der Waals surface area (Å²) in [5.41, 5.74) is 0. The first kappa shape index (κ1) is 44.2. The topological polar surface area (TPSA) is 7.76 Å². The fourth-order valence-corrected chi connectivity index (χ4v) is 8.56. The molecule has 2 aromatic rings. The van der Waals surface area contributed by atoms with Crippen molar-refractivity contribution in [1.29, 1.82) is 0 Å². The Hall–Kier alpha value is -1.00. The van der Waals surface area contributed by atoms with Crippen LogP contribution in [0.1, 0.15) is 200 Å². The molecule has 0 aliphatic heterocycles. The zero-order valence-corrected chi connectivity index (χ0v) is 34.3. The molecular weight excluding hydrogens is 633 g/mol. The molecule has 2 aromatic heterocycles. The van der Waals surface area contributed by atoms with Crippen molar-refractivity contribution >= 4 is 23.5 Å². The largest absolute Gasteiger partial charge is 0.205 e. The van der Waals surface area contributed by atoms with Gasteiger partial charge in [0.15, 0.2) is 24.8 Å². The van der Waals surface area contributed by atoms with Crippen LogP contribution in [0.15, 0.2) is 58.8 Å². The molecule has 0 amide bonds. The van der Waals surface area contributed by atoms with E-state index in [0.29, 0.717) is 0 Å². The van der Waals surface area contributed by atoms with E-state index < -0.39 is 0 Å². The Bertz CT molecular complexity index is 868. The maximum atomic E-state index is 2.38. The van der Waals surface area contributed by atoms with Gasteiger partial charge in [-0.3, -0.25) is 0 Å². The van der Waals surface area contributed by atoms with Crippen LogP contribution in [-0.4, -0.2) is 11.5 Å². The normalized spacial score (nSPS) is 11.5. The molecule has 2 nitrogen and oxygen atoms in total. The number of nitrogens with zero attached hydrogens (tertiary/aromatic N) is 2. The van der Waals surface area contributed by atoms with Gasteiger partial charge in [0.25, 0.3) is 0 Å². The molecule has 49 heavy (non-hydrogen) atoms. The Balaban J connectivity index is 1.31. The number of aryl methyl sites for hydroxylation is 2. The minimum absolute atomic E-state index is 1.17. The molecule has 0 N–H and O–H groups in total. The van der Waals surface area contributed by atoms with Gasteiger partial charge in [-0.15, -0.1) is 23.5 Å². The van der Waals surface area contributed by atoms with Crippen molar-refractivity contribution in [3.8, 4) is 0 Å². The van der Waals surface area contributed by atoms with Gasteiger partial charge in [0.1, 0.15) is 13.1 Å². The van der Waals surface area contributed by atoms with Crippen molar-refractivity contribution in [2.24, 2.45) is 0 Å². The average Bonchev–Trinajstić information content (AvgIpc) is 3.13. The molecule has 2 heterocycles. The number of aromatic nitrogens is 2. The fourth-order valence-electron chi connectivity index (χ4n) is 6.76. The highest BCUT2D eigenvalue weighted by molar-refractivity contribution is 7.99. The van der Waals surface area contributed by atoms with Gasteiger partial charge in [0.05, 0.1) is 0 Å². The van der Waals surface area contributed by atoms with Crippen LogP contribution in [0, 0.1) is 0 Å². The maximum absolute atomic E-state index is 2.38. The molecule has 0 bridgehead atoms. The molecule has 0 atom stereocenters. The summed E-state index contributed by atoms with van der Waals surface area (Å²) < 4.78 is 4.76. The summed E-state index contributed by atoms with van der Waals surface area (Å²) in [4.78, 5) is 2.88. The number of hydrogen-bond acceptors (Lipinski definition) is 2. The fraction of sp³-hybridized carbons (Fsp3) is 0.778. The molecule has 0 radical (unpaired) electrons. The third kappa shape index (κ3) is 27.3. The monoisotopic (exact) mass is 713 g/mol. The van der Waals surface area contributed by atoms with Gasteiger partial charge < -0.3 is 0 Å². The van der Waals surface area contributed by atoms with Gasteiger partial charge in [0.2, 0.25) is 0 Å². The quantitative estimate of drug-likeness (QED) is 0.0395. The highest BCUT2D eigenvalue weighted by Crippen LogP contribution is 2.21. The van der Waals surface area contributed by atoms with Crippen LogP contribution in [0.25, 0.3) is 0 Å². The molecule has 280 valence electrons. The zero-order valence-electron chi connectivity index (χ0n) is 32.7. The Labute approximate surface area is 314 Å². The molecule has 0 unspecified atom stereocenters. The van der Waals surface area contributed by atoms with E-state index in [0.717, 1.165) is 0 Å². The molecule has 0 aliphatic carbocycles. The standard InChI is InChI=1S/C45H80N2S2/c1-3-5-7-9-11-13-16-20-24-28-36-46-38-32-44(33-39-46)48-42-30-26-22-18-15-19-23-27-31-43-49-45-34-40-47(41-35-45)37-29-25-21-17-14-12-10-8-6-4-2/h32-35,38-41H,3-31,36-37,42-43H2,1-2H3/q+2. The number of hydrogen-bond donors (Lipinski definition) is 0. The van der Waals surface area contributed by atoms with Crippen LogP contribution < -0.4 is 9.13 Å². The van der Waals surface area contributed by atoms with Crippen LogP contribution in [0.5, 0.6) is 0 Å². The lowest BCUT2D eigenvalue weighted by Crippen LogP contribution is -2.32. The lowest BCUT2D eigenvalue weighted by Gasteiger charge is -2.04. The number of pyridine rings is 2. The smallest absolute Gasteiger partial charge is 0.169 e. The van der Waals surface area contributed by atoms with Crippen molar-refractivity contribution in [2.45, 2.75) is 223 Å². The number of unbranched alkanes of at least 4 members (excludes halogenated alkanes) is 26. The summed E-state index contributed by atoms with van der Waals surface area (Å²) >= 11 is 4.09. The second kappa shape index (κ2) is 34.1. The first-order chi connectivity index (χ1) is 24.3. The molecule has 0 saturated carbocycles. The van der Waals surface area contributed by atoms with E-state index in [1.54, 1.807) is 0 Å². The van der Waals surface area contributed by atoms with E-state index in [2.05, 4.69) is 72.0 Å². The average molecular weight is 713 g/mol. The lowest BCUT2D eigenvalue weighted by atomic mass is 10.1. The van der Waals surface area contributed by atoms with Gasteiger partial charge in [-0.05, 0) is 37.2 Å². The molecule has 0 saturated heterocycles. The predicted octanol–water partition coefficient (Wildman–Crippen LogP) is 14.5. The van der Waals surface area contributed by atoms with Crippen LogP contribution >= 0.6 is 23.5 Å². The van der Waals surface area contributed by atoms with E-state index in [1.165, 1.54) is 221 Å². The second-order valence-corrected chi connectivity index (χ2v) is 17.1. The van der Waals surface area contributed by atoms with Gasteiger partial charge >= 0.3 is 0 Å². The molecule has 0 aliphatic rings. The van der Waals surface area contributed by atoms with Crippen molar-refractivity contribution in [3.63, 3.8) is 0 Å². The van der Waals surface area contributed by atoms with Crippen molar-refractivity contribution in [1.82, 2.24) is 0 Å². The van der Waals surface area contributed by atoms with E-state index in [4.69, 9.17) is 0 Å².